The molecule has 9 nitrogen and oxygen atoms in total. The molecule has 2 aliphatic rings. The van der Waals surface area contributed by atoms with Crippen LogP contribution in [0, 0.1) is 5.41 Å². The van der Waals surface area contributed by atoms with E-state index in [1.807, 2.05) is 4.68 Å². The number of benzene rings is 1. The molecule has 182 valence electrons. The number of methoxy groups -OCH3 is 1. The molecule has 0 bridgehead atoms. The number of unbranched alkanes of at least 4 members (excludes halogenated alkanes) is 1. The first-order valence-electron chi connectivity index (χ1n) is 12.4. The molecule has 0 aliphatic carbocycles. The third kappa shape index (κ3) is 4.67. The van der Waals surface area contributed by atoms with Crippen LogP contribution < -0.4 is 21.1 Å². The van der Waals surface area contributed by atoms with Gasteiger partial charge in [0.15, 0.2) is 5.82 Å². The number of nitrogens with one attached hydrogen (secondary N) is 2. The molecule has 0 saturated carbocycles. The summed E-state index contributed by atoms with van der Waals surface area (Å²) >= 11 is 0. The van der Waals surface area contributed by atoms with E-state index in [0.717, 1.165) is 67.2 Å². The molecule has 34 heavy (non-hydrogen) atoms. The zero-order valence-corrected chi connectivity index (χ0v) is 20.3. The zero-order valence-electron chi connectivity index (χ0n) is 20.3. The maximum atomic E-state index is 5.93. The van der Waals surface area contributed by atoms with Crippen molar-refractivity contribution in [3.63, 3.8) is 0 Å². The Morgan fingerprint density at radius 3 is 2.76 bits per heavy atom. The van der Waals surface area contributed by atoms with Crippen molar-refractivity contribution in [3.8, 4) is 5.75 Å². The lowest BCUT2D eigenvalue weighted by molar-refractivity contribution is -0.0282. The summed E-state index contributed by atoms with van der Waals surface area (Å²) in [6.07, 6.45) is 6.52. The molecule has 1 spiro atoms. The number of ether oxygens (including phenoxy) is 1. The highest BCUT2D eigenvalue weighted by atomic mass is 16.5. The number of piperidine rings is 1. The van der Waals surface area contributed by atoms with Crippen LogP contribution in [0.15, 0.2) is 24.4 Å². The Bertz CT molecular complexity index is 1130. The van der Waals surface area contributed by atoms with Crippen molar-refractivity contribution in [2.75, 3.05) is 50.9 Å². The van der Waals surface area contributed by atoms with Crippen LogP contribution >= 0.6 is 0 Å². The van der Waals surface area contributed by atoms with E-state index in [9.17, 15) is 0 Å². The van der Waals surface area contributed by atoms with E-state index in [2.05, 4.69) is 55.7 Å². The Labute approximate surface area is 201 Å². The van der Waals surface area contributed by atoms with Gasteiger partial charge in [-0.1, -0.05) is 25.5 Å². The average molecular weight is 465 g/mol. The van der Waals surface area contributed by atoms with Gasteiger partial charge in [-0.25, -0.2) is 4.98 Å². The molecule has 0 radical (unpaired) electrons. The summed E-state index contributed by atoms with van der Waals surface area (Å²) in [4.78, 5) is 11.4. The number of anilines is 2. The number of nitrogens with zero attached hydrogens (tertiary/aromatic N) is 5. The van der Waals surface area contributed by atoms with E-state index in [-0.39, 0.29) is 5.95 Å². The SMILES string of the molecule is CCCCNc1nc(N)nc2cnn(Cc3ccc(CN4CC5(CCNCC5)C4)cc3OC)c12. The summed E-state index contributed by atoms with van der Waals surface area (Å²) in [5, 5.41) is 11.5. The van der Waals surface area contributed by atoms with E-state index in [0.29, 0.717) is 12.0 Å². The van der Waals surface area contributed by atoms with Crippen LogP contribution in [0.3, 0.4) is 0 Å². The summed E-state index contributed by atoms with van der Waals surface area (Å²) in [5.74, 6) is 1.87. The molecular weight excluding hydrogens is 428 g/mol. The smallest absolute Gasteiger partial charge is 0.222 e. The summed E-state index contributed by atoms with van der Waals surface area (Å²) in [6, 6.07) is 6.54. The van der Waals surface area contributed by atoms with Gasteiger partial charge in [-0.2, -0.15) is 10.1 Å². The molecule has 0 atom stereocenters. The number of hydrogen-bond acceptors (Lipinski definition) is 8. The van der Waals surface area contributed by atoms with Crippen LogP contribution in [0.4, 0.5) is 11.8 Å². The Hall–Kier alpha value is -2.91. The van der Waals surface area contributed by atoms with E-state index in [1.54, 1.807) is 13.3 Å². The molecule has 2 aliphatic heterocycles. The third-order valence-corrected chi connectivity index (χ3v) is 7.19. The van der Waals surface area contributed by atoms with Gasteiger partial charge in [0.05, 0.1) is 19.9 Å². The lowest BCUT2D eigenvalue weighted by atomic mass is 9.72. The lowest BCUT2D eigenvalue weighted by Crippen LogP contribution is -2.59. The van der Waals surface area contributed by atoms with E-state index in [1.165, 1.54) is 31.5 Å². The highest BCUT2D eigenvalue weighted by Gasteiger charge is 2.42. The van der Waals surface area contributed by atoms with Crippen molar-refractivity contribution in [2.45, 2.75) is 45.7 Å². The summed E-state index contributed by atoms with van der Waals surface area (Å²) in [6.45, 7) is 9.26. The topological polar surface area (TPSA) is 106 Å². The van der Waals surface area contributed by atoms with Crippen LogP contribution in [0.25, 0.3) is 11.0 Å². The average Bonchev–Trinajstić information content (AvgIpc) is 3.22. The quantitative estimate of drug-likeness (QED) is 0.415. The highest BCUT2D eigenvalue weighted by Crippen LogP contribution is 2.39. The van der Waals surface area contributed by atoms with Crippen LogP contribution in [0.1, 0.15) is 43.7 Å². The molecule has 9 heteroatoms. The van der Waals surface area contributed by atoms with Crippen LogP contribution in [-0.2, 0) is 13.1 Å². The monoisotopic (exact) mass is 464 g/mol. The predicted octanol–water partition coefficient (Wildman–Crippen LogP) is 2.86. The van der Waals surface area contributed by atoms with E-state index < -0.39 is 0 Å². The lowest BCUT2D eigenvalue weighted by Gasteiger charge is -2.52. The Morgan fingerprint density at radius 2 is 2.00 bits per heavy atom. The first-order chi connectivity index (χ1) is 16.6. The van der Waals surface area contributed by atoms with Gasteiger partial charge in [-0.05, 0) is 49.4 Å². The van der Waals surface area contributed by atoms with Gasteiger partial charge in [0.1, 0.15) is 16.8 Å². The standard InChI is InChI=1S/C25H36N8O/c1-3-4-9-28-23-22-20(30-24(26)31-23)13-29-33(22)15-19-6-5-18(12-21(19)34-2)14-32-16-25(17-32)7-10-27-11-8-25/h5-6,12-13,27H,3-4,7-11,14-17H2,1-2H3,(H3,26,28,30,31). The van der Waals surface area contributed by atoms with Crippen molar-refractivity contribution in [3.05, 3.63) is 35.5 Å². The first kappa shape index (κ1) is 22.9. The molecule has 0 unspecified atom stereocenters. The van der Waals surface area contributed by atoms with E-state index in [4.69, 9.17) is 10.5 Å². The number of aromatic nitrogens is 4. The predicted molar refractivity (Wildman–Crippen MR) is 135 cm³/mol. The second kappa shape index (κ2) is 9.76. The van der Waals surface area contributed by atoms with Crippen molar-refractivity contribution in [1.29, 1.82) is 0 Å². The molecule has 2 saturated heterocycles. The summed E-state index contributed by atoms with van der Waals surface area (Å²) < 4.78 is 7.71. The molecule has 1 aromatic carbocycles. The molecule has 3 aromatic rings. The number of hydrogen-bond donors (Lipinski definition) is 3. The second-order valence-corrected chi connectivity index (χ2v) is 9.79. The molecule has 2 aromatic heterocycles. The van der Waals surface area contributed by atoms with Crippen molar-refractivity contribution in [1.82, 2.24) is 30.0 Å². The Balaban J connectivity index is 1.31. The first-order valence-corrected chi connectivity index (χ1v) is 12.4. The number of likely N-dealkylation sites (tertiary alicyclic amines) is 1. The zero-order chi connectivity index (χ0) is 23.5. The number of nitrogen functional groups attached to an aromatic ring is 1. The van der Waals surface area contributed by atoms with Crippen LogP contribution in [0.5, 0.6) is 5.75 Å². The summed E-state index contributed by atoms with van der Waals surface area (Å²) in [7, 11) is 1.74. The largest absolute Gasteiger partial charge is 0.496 e. The van der Waals surface area contributed by atoms with Crippen LogP contribution in [0.2, 0.25) is 0 Å². The normalized spacial score (nSPS) is 17.7. The molecule has 5 rings (SSSR count). The minimum Gasteiger partial charge on any atom is -0.496 e. The second-order valence-electron chi connectivity index (χ2n) is 9.79. The molecule has 2 fully saturated rings. The van der Waals surface area contributed by atoms with Gasteiger partial charge in [0.2, 0.25) is 5.95 Å². The fourth-order valence-electron chi connectivity index (χ4n) is 5.37. The molecule has 4 N–H and O–H groups in total. The number of fused-ring (bicyclic) bond motifs is 1. The van der Waals surface area contributed by atoms with Crippen molar-refractivity contribution >= 4 is 22.8 Å². The van der Waals surface area contributed by atoms with Gasteiger partial charge in [0.25, 0.3) is 0 Å². The van der Waals surface area contributed by atoms with Gasteiger partial charge in [-0.3, -0.25) is 9.58 Å². The maximum Gasteiger partial charge on any atom is 0.222 e. The molecule has 4 heterocycles. The Morgan fingerprint density at radius 1 is 1.18 bits per heavy atom. The highest BCUT2D eigenvalue weighted by molar-refractivity contribution is 5.86. The number of rotatable bonds is 9. The minimum atomic E-state index is 0.255. The third-order valence-electron chi connectivity index (χ3n) is 7.19. The summed E-state index contributed by atoms with van der Waals surface area (Å²) in [5.41, 5.74) is 10.4. The fraction of sp³-hybridized carbons (Fsp3) is 0.560. The van der Waals surface area contributed by atoms with Gasteiger partial charge < -0.3 is 21.1 Å². The minimum absolute atomic E-state index is 0.255. The van der Waals surface area contributed by atoms with Crippen molar-refractivity contribution in [2.24, 2.45) is 5.41 Å². The maximum absolute atomic E-state index is 5.93. The van der Waals surface area contributed by atoms with Gasteiger partial charge in [0, 0.05) is 31.7 Å². The van der Waals surface area contributed by atoms with E-state index >= 15 is 0 Å². The molecule has 0 amide bonds. The Kier molecular flexibility index (Phi) is 6.56. The molecular formula is C25H36N8O. The fourth-order valence-corrected chi connectivity index (χ4v) is 5.37. The number of nitrogens with two attached hydrogens (primary N) is 1. The van der Waals surface area contributed by atoms with Gasteiger partial charge >= 0.3 is 0 Å². The van der Waals surface area contributed by atoms with Gasteiger partial charge in [-0.15, -0.1) is 0 Å². The van der Waals surface area contributed by atoms with Crippen molar-refractivity contribution < 1.29 is 4.74 Å². The van der Waals surface area contributed by atoms with Crippen LogP contribution in [-0.4, -0.2) is 64.5 Å².